The number of pyridine rings is 1. The first-order chi connectivity index (χ1) is 8.93. The van der Waals surface area contributed by atoms with E-state index in [0.29, 0.717) is 36.5 Å². The fraction of sp³-hybridized carbons (Fsp3) is 0.538. The molecule has 4 N–H and O–H groups in total. The monoisotopic (exact) mass is 266 g/mol. The molecule has 1 aromatic heterocycles. The molecule has 106 valence electrons. The van der Waals surface area contributed by atoms with Gasteiger partial charge in [-0.1, -0.05) is 13.8 Å². The maximum atomic E-state index is 11.1. The van der Waals surface area contributed by atoms with E-state index in [2.05, 4.69) is 18.8 Å². The van der Waals surface area contributed by atoms with E-state index in [0.717, 1.165) is 0 Å². The van der Waals surface area contributed by atoms with E-state index in [1.54, 1.807) is 12.1 Å². The van der Waals surface area contributed by atoms with E-state index < -0.39 is 5.91 Å². The Bertz CT molecular complexity index is 435. The van der Waals surface area contributed by atoms with Gasteiger partial charge in [-0.2, -0.15) is 4.98 Å². The minimum absolute atomic E-state index is 0.126. The third-order valence-electron chi connectivity index (χ3n) is 2.41. The predicted molar refractivity (Wildman–Crippen MR) is 76.1 cm³/mol. The van der Waals surface area contributed by atoms with Crippen LogP contribution in [0, 0.1) is 5.92 Å². The molecule has 0 unspecified atom stereocenters. The molecular formula is C13H22N4O2. The Labute approximate surface area is 113 Å². The molecule has 6 heteroatoms. The molecule has 0 saturated carbocycles. The van der Waals surface area contributed by atoms with Crippen molar-refractivity contribution in [3.8, 4) is 5.88 Å². The molecule has 1 rings (SSSR count). The second-order valence-corrected chi connectivity index (χ2v) is 4.74. The van der Waals surface area contributed by atoms with Crippen molar-refractivity contribution in [1.82, 2.24) is 4.98 Å². The molecule has 0 aliphatic carbocycles. The molecule has 0 aliphatic rings. The van der Waals surface area contributed by atoms with Crippen molar-refractivity contribution < 1.29 is 9.53 Å². The highest BCUT2D eigenvalue weighted by atomic mass is 16.5. The van der Waals surface area contributed by atoms with E-state index >= 15 is 0 Å². The average molecular weight is 266 g/mol. The maximum Gasteiger partial charge on any atom is 0.239 e. The van der Waals surface area contributed by atoms with Crippen LogP contribution in [0.25, 0.3) is 0 Å². The summed E-state index contributed by atoms with van der Waals surface area (Å²) in [4.78, 5) is 17.3. The van der Waals surface area contributed by atoms with Gasteiger partial charge in [-0.3, -0.25) is 4.79 Å². The molecule has 0 fully saturated rings. The van der Waals surface area contributed by atoms with Gasteiger partial charge >= 0.3 is 0 Å². The van der Waals surface area contributed by atoms with E-state index in [-0.39, 0.29) is 6.54 Å². The Morgan fingerprint density at radius 2 is 2.16 bits per heavy atom. The minimum atomic E-state index is -0.391. The number of primary amides is 1. The third kappa shape index (κ3) is 4.65. The molecular weight excluding hydrogens is 244 g/mol. The van der Waals surface area contributed by atoms with Crippen molar-refractivity contribution in [3.63, 3.8) is 0 Å². The first-order valence-corrected chi connectivity index (χ1v) is 6.36. The summed E-state index contributed by atoms with van der Waals surface area (Å²) in [5.41, 5.74) is 11.5. The number of amides is 1. The smallest absolute Gasteiger partial charge is 0.239 e. The van der Waals surface area contributed by atoms with E-state index in [1.807, 2.05) is 11.8 Å². The molecule has 1 heterocycles. The summed E-state index contributed by atoms with van der Waals surface area (Å²) in [6.45, 7) is 7.29. The van der Waals surface area contributed by atoms with Crippen LogP contribution < -0.4 is 21.1 Å². The molecule has 0 aliphatic heterocycles. The predicted octanol–water partition coefficient (Wildman–Crippen LogP) is 1.01. The quantitative estimate of drug-likeness (QED) is 0.768. The van der Waals surface area contributed by atoms with Gasteiger partial charge in [-0.25, -0.2) is 0 Å². The van der Waals surface area contributed by atoms with Crippen LogP contribution in [-0.2, 0) is 4.79 Å². The number of nitrogens with zero attached hydrogens (tertiary/aromatic N) is 2. The van der Waals surface area contributed by atoms with Gasteiger partial charge in [0.05, 0.1) is 18.8 Å². The summed E-state index contributed by atoms with van der Waals surface area (Å²) < 4.78 is 5.36. The standard InChI is InChI=1S/C13H22N4O2/c1-4-19-13-10(14)5-6-12(16-13)17(7-9(2)3)8-11(15)18/h5-6,9H,4,7-8,14H2,1-3H3,(H2,15,18). The van der Waals surface area contributed by atoms with Crippen molar-refractivity contribution in [2.45, 2.75) is 20.8 Å². The van der Waals surface area contributed by atoms with Crippen molar-refractivity contribution >= 4 is 17.4 Å². The van der Waals surface area contributed by atoms with E-state index in [4.69, 9.17) is 16.2 Å². The van der Waals surface area contributed by atoms with Gasteiger partial charge in [0, 0.05) is 6.54 Å². The molecule has 0 radical (unpaired) electrons. The summed E-state index contributed by atoms with van der Waals surface area (Å²) in [5.74, 6) is 1.02. The van der Waals surface area contributed by atoms with Gasteiger partial charge in [0.15, 0.2) is 0 Å². The number of hydrogen-bond acceptors (Lipinski definition) is 5. The summed E-state index contributed by atoms with van der Waals surface area (Å²) in [6.07, 6.45) is 0. The van der Waals surface area contributed by atoms with Crippen molar-refractivity contribution in [1.29, 1.82) is 0 Å². The lowest BCUT2D eigenvalue weighted by molar-refractivity contribution is -0.116. The van der Waals surface area contributed by atoms with Crippen LogP contribution in [0.15, 0.2) is 12.1 Å². The number of nitrogens with two attached hydrogens (primary N) is 2. The Balaban J connectivity index is 3.00. The minimum Gasteiger partial charge on any atom is -0.476 e. The second-order valence-electron chi connectivity index (χ2n) is 4.74. The lowest BCUT2D eigenvalue weighted by atomic mass is 10.2. The highest BCUT2D eigenvalue weighted by Crippen LogP contribution is 2.23. The highest BCUT2D eigenvalue weighted by Gasteiger charge is 2.14. The Morgan fingerprint density at radius 1 is 1.47 bits per heavy atom. The number of ether oxygens (including phenoxy) is 1. The second kappa shape index (κ2) is 6.82. The van der Waals surface area contributed by atoms with Crippen LogP contribution in [0.5, 0.6) is 5.88 Å². The Hall–Kier alpha value is -1.98. The van der Waals surface area contributed by atoms with Crippen LogP contribution in [0.2, 0.25) is 0 Å². The van der Waals surface area contributed by atoms with Crippen LogP contribution >= 0.6 is 0 Å². The average Bonchev–Trinajstić information content (AvgIpc) is 2.30. The van der Waals surface area contributed by atoms with Crippen LogP contribution in [-0.4, -0.2) is 30.6 Å². The zero-order valence-corrected chi connectivity index (χ0v) is 11.7. The number of rotatable bonds is 7. The molecule has 1 amide bonds. The first-order valence-electron chi connectivity index (χ1n) is 6.36. The SMILES string of the molecule is CCOc1nc(N(CC(N)=O)CC(C)C)ccc1N. The molecule has 0 atom stereocenters. The normalized spacial score (nSPS) is 10.5. The van der Waals surface area contributed by atoms with Gasteiger partial charge in [-0.15, -0.1) is 0 Å². The van der Waals surface area contributed by atoms with Crippen molar-refractivity contribution in [2.24, 2.45) is 11.7 Å². The fourth-order valence-corrected chi connectivity index (χ4v) is 1.74. The van der Waals surface area contributed by atoms with Gasteiger partial charge in [0.2, 0.25) is 11.8 Å². The molecule has 6 nitrogen and oxygen atoms in total. The molecule has 0 aromatic carbocycles. The zero-order valence-electron chi connectivity index (χ0n) is 11.7. The number of carbonyl (C=O) groups excluding carboxylic acids is 1. The zero-order chi connectivity index (χ0) is 14.4. The maximum absolute atomic E-state index is 11.1. The van der Waals surface area contributed by atoms with Crippen molar-refractivity contribution in [3.05, 3.63) is 12.1 Å². The number of carbonyl (C=O) groups is 1. The molecule has 0 bridgehead atoms. The highest BCUT2D eigenvalue weighted by molar-refractivity contribution is 5.79. The number of hydrogen-bond donors (Lipinski definition) is 2. The fourth-order valence-electron chi connectivity index (χ4n) is 1.74. The van der Waals surface area contributed by atoms with Gasteiger partial charge in [0.1, 0.15) is 5.82 Å². The van der Waals surface area contributed by atoms with Crippen molar-refractivity contribution in [2.75, 3.05) is 30.3 Å². The largest absolute Gasteiger partial charge is 0.476 e. The Morgan fingerprint density at radius 3 is 2.68 bits per heavy atom. The topological polar surface area (TPSA) is 94.5 Å². The molecule has 0 saturated heterocycles. The van der Waals surface area contributed by atoms with Gasteiger partial charge < -0.3 is 21.1 Å². The summed E-state index contributed by atoms with van der Waals surface area (Å²) >= 11 is 0. The molecule has 1 aromatic rings. The van der Waals surface area contributed by atoms with Crippen LogP contribution in [0.1, 0.15) is 20.8 Å². The summed E-state index contributed by atoms with van der Waals surface area (Å²) in [5, 5.41) is 0. The summed E-state index contributed by atoms with van der Waals surface area (Å²) in [7, 11) is 0. The summed E-state index contributed by atoms with van der Waals surface area (Å²) in [6, 6.07) is 3.49. The van der Waals surface area contributed by atoms with Gasteiger partial charge in [0.25, 0.3) is 0 Å². The van der Waals surface area contributed by atoms with E-state index in [1.165, 1.54) is 0 Å². The molecule has 19 heavy (non-hydrogen) atoms. The third-order valence-corrected chi connectivity index (χ3v) is 2.41. The van der Waals surface area contributed by atoms with Gasteiger partial charge in [-0.05, 0) is 25.0 Å². The first kappa shape index (κ1) is 15.1. The van der Waals surface area contributed by atoms with Crippen LogP contribution in [0.3, 0.4) is 0 Å². The van der Waals surface area contributed by atoms with E-state index in [9.17, 15) is 4.79 Å². The lowest BCUT2D eigenvalue weighted by Crippen LogP contribution is -2.36. The Kier molecular flexibility index (Phi) is 5.41. The number of nitrogen functional groups attached to an aromatic ring is 1. The molecule has 0 spiro atoms. The lowest BCUT2D eigenvalue weighted by Gasteiger charge is -2.24. The van der Waals surface area contributed by atoms with Crippen LogP contribution in [0.4, 0.5) is 11.5 Å². The number of aromatic nitrogens is 1. The number of anilines is 2.